The van der Waals surface area contributed by atoms with E-state index in [1.54, 1.807) is 32.5 Å². The van der Waals surface area contributed by atoms with Crippen LogP contribution in [0.5, 0.6) is 5.75 Å². The Hall–Kier alpha value is -3.08. The number of carbonyl (C=O) groups excluding carboxylic acids is 1. The third kappa shape index (κ3) is 3.71. The third-order valence-corrected chi connectivity index (χ3v) is 4.20. The van der Waals surface area contributed by atoms with Crippen molar-refractivity contribution in [3.8, 4) is 5.75 Å². The highest BCUT2D eigenvalue weighted by molar-refractivity contribution is 6.01. The third-order valence-electron chi connectivity index (χ3n) is 4.20. The summed E-state index contributed by atoms with van der Waals surface area (Å²) in [6, 6.07) is 14.9. The minimum Gasteiger partial charge on any atom is -0.497 e. The Bertz CT molecular complexity index is 959. The second-order valence-electron chi connectivity index (χ2n) is 5.89. The highest BCUT2D eigenvalue weighted by atomic mass is 16.5. The lowest BCUT2D eigenvalue weighted by atomic mass is 10.1. The van der Waals surface area contributed by atoms with Crippen LogP contribution in [0.4, 0.5) is 5.69 Å². The molecule has 1 amide bonds. The van der Waals surface area contributed by atoms with Crippen molar-refractivity contribution in [1.82, 2.24) is 4.57 Å². The zero-order valence-corrected chi connectivity index (χ0v) is 14.3. The molecule has 2 aromatic carbocycles. The van der Waals surface area contributed by atoms with Crippen molar-refractivity contribution in [2.24, 2.45) is 7.05 Å². The van der Waals surface area contributed by atoms with Gasteiger partial charge in [0.1, 0.15) is 5.75 Å². The Morgan fingerprint density at radius 3 is 2.56 bits per heavy atom. The summed E-state index contributed by atoms with van der Waals surface area (Å²) in [7, 11) is 3.34. The molecule has 1 aromatic heterocycles. The molecule has 0 fully saturated rings. The van der Waals surface area contributed by atoms with E-state index in [-0.39, 0.29) is 11.5 Å². The van der Waals surface area contributed by atoms with E-state index in [2.05, 4.69) is 5.32 Å². The summed E-state index contributed by atoms with van der Waals surface area (Å²) in [4.78, 5) is 24.5. The molecule has 0 atom stereocenters. The van der Waals surface area contributed by atoms with E-state index >= 15 is 0 Å². The molecule has 0 saturated heterocycles. The predicted molar refractivity (Wildman–Crippen MR) is 99.1 cm³/mol. The molecule has 3 rings (SSSR count). The number of anilines is 1. The molecule has 1 heterocycles. The second-order valence-corrected chi connectivity index (χ2v) is 5.89. The molecule has 0 aliphatic rings. The molecule has 0 radical (unpaired) electrons. The number of aryl methyl sites for hydroxylation is 2. The minimum atomic E-state index is -0.0796. The van der Waals surface area contributed by atoms with Crippen LogP contribution in [-0.4, -0.2) is 17.6 Å². The number of hydrogen-bond donors (Lipinski definition) is 1. The molecule has 0 bridgehead atoms. The lowest BCUT2D eigenvalue weighted by Crippen LogP contribution is -2.17. The van der Waals surface area contributed by atoms with Crippen molar-refractivity contribution >= 4 is 22.4 Å². The molecule has 3 aromatic rings. The highest BCUT2D eigenvalue weighted by Crippen LogP contribution is 2.21. The smallest absolute Gasteiger partial charge is 0.258 e. The van der Waals surface area contributed by atoms with Crippen molar-refractivity contribution in [2.45, 2.75) is 12.8 Å². The predicted octanol–water partition coefficient (Wildman–Crippen LogP) is 3.12. The molecule has 25 heavy (non-hydrogen) atoms. The second kappa shape index (κ2) is 7.21. The number of nitrogens with zero attached hydrogens (tertiary/aromatic N) is 1. The van der Waals surface area contributed by atoms with Gasteiger partial charge in [0.25, 0.3) is 5.56 Å². The molecule has 0 aliphatic heterocycles. The summed E-state index contributed by atoms with van der Waals surface area (Å²) in [5.74, 6) is 0.717. The number of rotatable bonds is 5. The standard InChI is InChI=1S/C20H20N2O3/c1-22-13-12-16-17(20(22)24)4-3-5-18(16)21-19(23)11-8-14-6-9-15(25-2)10-7-14/h3-7,9-10,12-13H,8,11H2,1-2H3,(H,21,23). The number of amides is 1. The Morgan fingerprint density at radius 2 is 1.84 bits per heavy atom. The zero-order chi connectivity index (χ0) is 17.8. The van der Waals surface area contributed by atoms with Gasteiger partial charge in [0.2, 0.25) is 5.91 Å². The number of ether oxygens (including phenoxy) is 1. The van der Waals surface area contributed by atoms with Gasteiger partial charge in [-0.25, -0.2) is 0 Å². The monoisotopic (exact) mass is 336 g/mol. The van der Waals surface area contributed by atoms with Crippen LogP contribution < -0.4 is 15.6 Å². The Kier molecular flexibility index (Phi) is 4.84. The van der Waals surface area contributed by atoms with Crippen molar-refractivity contribution in [3.05, 3.63) is 70.6 Å². The average molecular weight is 336 g/mol. The van der Waals surface area contributed by atoms with Gasteiger partial charge in [-0.2, -0.15) is 0 Å². The first-order valence-electron chi connectivity index (χ1n) is 8.09. The van der Waals surface area contributed by atoms with E-state index < -0.39 is 0 Å². The zero-order valence-electron chi connectivity index (χ0n) is 14.3. The van der Waals surface area contributed by atoms with Gasteiger partial charge in [-0.15, -0.1) is 0 Å². The van der Waals surface area contributed by atoms with E-state index in [0.717, 1.165) is 16.7 Å². The van der Waals surface area contributed by atoms with Crippen LogP contribution in [0.3, 0.4) is 0 Å². The van der Waals surface area contributed by atoms with Gasteiger partial charge in [-0.05, 0) is 42.3 Å². The summed E-state index contributed by atoms with van der Waals surface area (Å²) < 4.78 is 6.65. The van der Waals surface area contributed by atoms with Crippen LogP contribution in [0, 0.1) is 0 Å². The van der Waals surface area contributed by atoms with Crippen LogP contribution >= 0.6 is 0 Å². The number of carbonyl (C=O) groups is 1. The molecule has 0 spiro atoms. The first-order chi connectivity index (χ1) is 12.1. The van der Waals surface area contributed by atoms with Crippen LogP contribution in [-0.2, 0) is 18.3 Å². The topological polar surface area (TPSA) is 60.3 Å². The summed E-state index contributed by atoms with van der Waals surface area (Å²) in [6.45, 7) is 0. The number of hydrogen-bond acceptors (Lipinski definition) is 3. The van der Waals surface area contributed by atoms with Gasteiger partial charge in [-0.1, -0.05) is 18.2 Å². The summed E-state index contributed by atoms with van der Waals surface area (Å²) in [5.41, 5.74) is 1.66. The Balaban J connectivity index is 1.71. The number of nitrogens with one attached hydrogen (secondary N) is 1. The van der Waals surface area contributed by atoms with Crippen LogP contribution in [0.15, 0.2) is 59.5 Å². The lowest BCUT2D eigenvalue weighted by molar-refractivity contribution is -0.116. The van der Waals surface area contributed by atoms with Crippen molar-refractivity contribution < 1.29 is 9.53 Å². The van der Waals surface area contributed by atoms with Crippen molar-refractivity contribution in [1.29, 1.82) is 0 Å². The first kappa shape index (κ1) is 16.8. The van der Waals surface area contributed by atoms with Gasteiger partial charge in [0.05, 0.1) is 7.11 Å². The maximum atomic E-state index is 12.3. The van der Waals surface area contributed by atoms with Gasteiger partial charge < -0.3 is 14.6 Å². The van der Waals surface area contributed by atoms with Crippen LogP contribution in [0.2, 0.25) is 0 Å². The highest BCUT2D eigenvalue weighted by Gasteiger charge is 2.08. The number of aromatic nitrogens is 1. The molecule has 5 heteroatoms. The maximum Gasteiger partial charge on any atom is 0.258 e. The number of benzene rings is 2. The molecule has 0 unspecified atom stereocenters. The Labute approximate surface area is 145 Å². The lowest BCUT2D eigenvalue weighted by Gasteiger charge is -2.09. The normalized spacial score (nSPS) is 10.6. The number of methoxy groups -OCH3 is 1. The largest absolute Gasteiger partial charge is 0.497 e. The average Bonchev–Trinajstić information content (AvgIpc) is 2.64. The van der Waals surface area contributed by atoms with Crippen LogP contribution in [0.25, 0.3) is 10.8 Å². The van der Waals surface area contributed by atoms with Gasteiger partial charge >= 0.3 is 0 Å². The van der Waals surface area contributed by atoms with Gasteiger partial charge in [0.15, 0.2) is 0 Å². The fourth-order valence-electron chi connectivity index (χ4n) is 2.75. The molecule has 5 nitrogen and oxygen atoms in total. The maximum absolute atomic E-state index is 12.3. The number of fused-ring (bicyclic) bond motifs is 1. The molecule has 0 saturated carbocycles. The van der Waals surface area contributed by atoms with Gasteiger partial charge in [-0.3, -0.25) is 9.59 Å². The van der Waals surface area contributed by atoms with E-state index in [4.69, 9.17) is 4.74 Å². The molecular weight excluding hydrogens is 316 g/mol. The molecule has 1 N–H and O–H groups in total. The summed E-state index contributed by atoms with van der Waals surface area (Å²) >= 11 is 0. The van der Waals surface area contributed by atoms with E-state index in [1.807, 2.05) is 36.4 Å². The van der Waals surface area contributed by atoms with Crippen molar-refractivity contribution in [2.75, 3.05) is 12.4 Å². The van der Waals surface area contributed by atoms with E-state index in [1.165, 1.54) is 4.57 Å². The Morgan fingerprint density at radius 1 is 1.08 bits per heavy atom. The van der Waals surface area contributed by atoms with Crippen LogP contribution in [0.1, 0.15) is 12.0 Å². The number of pyridine rings is 1. The molecule has 0 aliphatic carbocycles. The molecular formula is C20H20N2O3. The summed E-state index contributed by atoms with van der Waals surface area (Å²) in [5, 5.41) is 4.26. The van der Waals surface area contributed by atoms with Crippen molar-refractivity contribution in [3.63, 3.8) is 0 Å². The van der Waals surface area contributed by atoms with Gasteiger partial charge in [0, 0.05) is 36.1 Å². The fourth-order valence-corrected chi connectivity index (χ4v) is 2.75. The van der Waals surface area contributed by atoms with E-state index in [0.29, 0.717) is 23.9 Å². The summed E-state index contributed by atoms with van der Waals surface area (Å²) in [6.07, 6.45) is 2.72. The quantitative estimate of drug-likeness (QED) is 0.779. The SMILES string of the molecule is COc1ccc(CCC(=O)Nc2cccc3c(=O)n(C)ccc23)cc1. The minimum absolute atomic E-state index is 0.0770. The fraction of sp³-hybridized carbons (Fsp3) is 0.200. The molecule has 128 valence electrons. The van der Waals surface area contributed by atoms with E-state index in [9.17, 15) is 9.59 Å². The first-order valence-corrected chi connectivity index (χ1v) is 8.09.